The minimum absolute atomic E-state index is 0.0912. The number of carbonyl (C=O) groups excluding carboxylic acids is 1. The Balaban J connectivity index is 1.72. The van der Waals surface area contributed by atoms with Crippen molar-refractivity contribution in [3.05, 3.63) is 77.1 Å². The standard InChI is InChI=1S/C30H37F2N3O4/c1-4-20(3)28(33-18-21(5-2)22-8-12-26(13-9-22)39-30(31)32)34-24-10-6-23(7-11-24)27(19-36)29(38)35-16-14-25(37)15-17-35/h5-13,18,25,27,30,34,36-37H,4,14-17,19H2,1-3H3/b21-5+,28-20-,33-18-. The van der Waals surface area contributed by atoms with E-state index in [0.29, 0.717) is 31.8 Å². The van der Waals surface area contributed by atoms with Gasteiger partial charge in [0.1, 0.15) is 11.6 Å². The molecule has 0 aromatic heterocycles. The summed E-state index contributed by atoms with van der Waals surface area (Å²) in [5, 5.41) is 23.0. The van der Waals surface area contributed by atoms with Crippen molar-refractivity contribution in [2.75, 3.05) is 25.0 Å². The van der Waals surface area contributed by atoms with E-state index in [0.717, 1.165) is 34.4 Å². The van der Waals surface area contributed by atoms with Crippen molar-refractivity contribution in [1.29, 1.82) is 0 Å². The minimum atomic E-state index is -2.87. The molecule has 1 fully saturated rings. The third-order valence-electron chi connectivity index (χ3n) is 6.82. The molecule has 3 rings (SSSR count). The summed E-state index contributed by atoms with van der Waals surface area (Å²) in [4.78, 5) is 19.4. The molecule has 39 heavy (non-hydrogen) atoms. The van der Waals surface area contributed by atoms with Gasteiger partial charge in [0.25, 0.3) is 0 Å². The highest BCUT2D eigenvalue weighted by atomic mass is 19.3. The number of aliphatic hydroxyl groups excluding tert-OH is 2. The minimum Gasteiger partial charge on any atom is -0.435 e. The predicted molar refractivity (Wildman–Crippen MR) is 150 cm³/mol. The van der Waals surface area contributed by atoms with Crippen molar-refractivity contribution in [3.63, 3.8) is 0 Å². The summed E-state index contributed by atoms with van der Waals surface area (Å²) in [6.45, 7) is 3.69. The largest absolute Gasteiger partial charge is 0.435 e. The second-order valence-electron chi connectivity index (χ2n) is 9.43. The van der Waals surface area contributed by atoms with E-state index in [4.69, 9.17) is 0 Å². The Morgan fingerprint density at radius 1 is 1.15 bits per heavy atom. The van der Waals surface area contributed by atoms with Gasteiger partial charge in [-0.05, 0) is 79.6 Å². The number of halogens is 2. The number of amides is 1. The lowest BCUT2D eigenvalue weighted by molar-refractivity contribution is -0.135. The average molecular weight is 542 g/mol. The third-order valence-corrected chi connectivity index (χ3v) is 6.82. The van der Waals surface area contributed by atoms with E-state index >= 15 is 0 Å². The van der Waals surface area contributed by atoms with E-state index < -0.39 is 12.5 Å². The maximum absolute atomic E-state index is 13.0. The van der Waals surface area contributed by atoms with Gasteiger partial charge in [-0.2, -0.15) is 8.78 Å². The molecule has 1 aliphatic heterocycles. The molecule has 7 nitrogen and oxygen atoms in total. The summed E-state index contributed by atoms with van der Waals surface area (Å²) in [5.41, 5.74) is 4.15. The van der Waals surface area contributed by atoms with Crippen molar-refractivity contribution in [1.82, 2.24) is 4.90 Å². The SMILES string of the molecule is C\C=C(/C=N\C(Nc1ccc(C(CO)C(=O)N2CCC(O)CC2)cc1)=C(/C)CC)c1ccc(OC(F)F)cc1. The van der Waals surface area contributed by atoms with Gasteiger partial charge in [-0.3, -0.25) is 4.79 Å². The molecule has 0 spiro atoms. The molecule has 0 aliphatic carbocycles. The Labute approximate surface area is 228 Å². The van der Waals surface area contributed by atoms with Gasteiger partial charge in [-0.15, -0.1) is 0 Å². The predicted octanol–water partition coefficient (Wildman–Crippen LogP) is 5.57. The molecule has 1 amide bonds. The zero-order valence-electron chi connectivity index (χ0n) is 22.6. The number of hydrogen-bond donors (Lipinski definition) is 3. The summed E-state index contributed by atoms with van der Waals surface area (Å²) >= 11 is 0. The number of hydrogen-bond acceptors (Lipinski definition) is 6. The lowest BCUT2D eigenvalue weighted by Gasteiger charge is -2.32. The number of aliphatic imine (C=N–C) groups is 1. The monoisotopic (exact) mass is 541 g/mol. The van der Waals surface area contributed by atoms with Crippen LogP contribution in [0.25, 0.3) is 5.57 Å². The topological polar surface area (TPSA) is 94.4 Å². The summed E-state index contributed by atoms with van der Waals surface area (Å²) in [5.74, 6) is -0.0308. The molecule has 1 heterocycles. The molecule has 0 saturated carbocycles. The number of piperidine rings is 1. The van der Waals surface area contributed by atoms with Gasteiger partial charge < -0.3 is 25.2 Å². The number of rotatable bonds is 11. The first kappa shape index (κ1) is 30.0. The van der Waals surface area contributed by atoms with Crippen LogP contribution in [-0.4, -0.2) is 59.6 Å². The van der Waals surface area contributed by atoms with E-state index in [1.165, 1.54) is 12.1 Å². The van der Waals surface area contributed by atoms with Gasteiger partial charge in [0, 0.05) is 25.0 Å². The van der Waals surface area contributed by atoms with Gasteiger partial charge in [-0.25, -0.2) is 4.99 Å². The fraction of sp³-hybridized carbons (Fsp3) is 0.400. The van der Waals surface area contributed by atoms with Gasteiger partial charge in [0.2, 0.25) is 5.91 Å². The molecular weight excluding hydrogens is 504 g/mol. The van der Waals surface area contributed by atoms with Crippen molar-refractivity contribution in [2.45, 2.75) is 58.7 Å². The quantitative estimate of drug-likeness (QED) is 0.323. The summed E-state index contributed by atoms with van der Waals surface area (Å²) in [6.07, 6.45) is 5.10. The fourth-order valence-corrected chi connectivity index (χ4v) is 4.26. The number of anilines is 1. The molecule has 1 unspecified atom stereocenters. The lowest BCUT2D eigenvalue weighted by Crippen LogP contribution is -2.43. The van der Waals surface area contributed by atoms with E-state index in [1.54, 1.807) is 23.2 Å². The number of carbonyl (C=O) groups is 1. The zero-order chi connectivity index (χ0) is 28.4. The fourth-order valence-electron chi connectivity index (χ4n) is 4.26. The third kappa shape index (κ3) is 8.46. The first-order chi connectivity index (χ1) is 18.7. The Hall–Kier alpha value is -3.56. The zero-order valence-corrected chi connectivity index (χ0v) is 22.6. The van der Waals surface area contributed by atoms with Crippen LogP contribution in [0.4, 0.5) is 14.5 Å². The highest BCUT2D eigenvalue weighted by molar-refractivity contribution is 6.10. The second-order valence-corrected chi connectivity index (χ2v) is 9.43. The smallest absolute Gasteiger partial charge is 0.387 e. The van der Waals surface area contributed by atoms with Crippen LogP contribution < -0.4 is 10.1 Å². The molecule has 210 valence electrons. The number of aliphatic hydroxyl groups is 2. The number of ether oxygens (including phenoxy) is 1. The van der Waals surface area contributed by atoms with Crippen molar-refractivity contribution in [2.24, 2.45) is 4.99 Å². The Morgan fingerprint density at radius 2 is 1.79 bits per heavy atom. The van der Waals surface area contributed by atoms with Crippen molar-refractivity contribution >= 4 is 23.4 Å². The molecular formula is C30H37F2N3O4. The van der Waals surface area contributed by atoms with E-state index in [9.17, 15) is 23.8 Å². The van der Waals surface area contributed by atoms with Crippen molar-refractivity contribution in [3.8, 4) is 5.75 Å². The molecule has 2 aromatic rings. The number of alkyl halides is 2. The van der Waals surface area contributed by atoms with E-state index in [-0.39, 0.29) is 24.4 Å². The van der Waals surface area contributed by atoms with Crippen LogP contribution in [0.2, 0.25) is 0 Å². The summed E-state index contributed by atoms with van der Waals surface area (Å²) in [6, 6.07) is 13.7. The molecule has 0 radical (unpaired) electrons. The number of benzene rings is 2. The van der Waals surface area contributed by atoms with Crippen LogP contribution in [0.15, 0.2) is 71.0 Å². The van der Waals surface area contributed by atoms with Crippen LogP contribution in [0.3, 0.4) is 0 Å². The highest BCUT2D eigenvalue weighted by Crippen LogP contribution is 2.25. The number of allylic oxidation sites excluding steroid dienone is 3. The van der Waals surface area contributed by atoms with E-state index in [2.05, 4.69) is 15.0 Å². The number of nitrogens with one attached hydrogen (secondary N) is 1. The van der Waals surface area contributed by atoms with E-state index in [1.807, 2.05) is 51.1 Å². The molecule has 0 bridgehead atoms. The highest BCUT2D eigenvalue weighted by Gasteiger charge is 2.28. The second kappa shape index (κ2) is 14.6. The molecule has 2 aromatic carbocycles. The Bertz CT molecular complexity index is 1170. The maximum atomic E-state index is 13.0. The number of likely N-dealkylation sites (tertiary alicyclic amines) is 1. The van der Waals surface area contributed by atoms with Gasteiger partial charge in [0.15, 0.2) is 0 Å². The first-order valence-corrected chi connectivity index (χ1v) is 13.2. The molecule has 1 saturated heterocycles. The molecule has 1 atom stereocenters. The number of nitrogens with zero attached hydrogens (tertiary/aromatic N) is 2. The van der Waals surface area contributed by atoms with Crippen LogP contribution in [0.1, 0.15) is 57.1 Å². The Morgan fingerprint density at radius 3 is 2.33 bits per heavy atom. The van der Waals surface area contributed by atoms with Crippen molar-refractivity contribution < 1.29 is 28.5 Å². The summed E-state index contributed by atoms with van der Waals surface area (Å²) in [7, 11) is 0. The lowest BCUT2D eigenvalue weighted by atomic mass is 9.96. The average Bonchev–Trinajstić information content (AvgIpc) is 2.94. The first-order valence-electron chi connectivity index (χ1n) is 13.2. The van der Waals surface area contributed by atoms with Crippen LogP contribution >= 0.6 is 0 Å². The van der Waals surface area contributed by atoms with Gasteiger partial charge >= 0.3 is 6.61 Å². The van der Waals surface area contributed by atoms with Crippen LogP contribution in [-0.2, 0) is 4.79 Å². The molecule has 1 aliphatic rings. The molecule has 3 N–H and O–H groups in total. The Kier molecular flexibility index (Phi) is 11.2. The van der Waals surface area contributed by atoms with Gasteiger partial charge in [-0.1, -0.05) is 37.3 Å². The maximum Gasteiger partial charge on any atom is 0.387 e. The van der Waals surface area contributed by atoms with Gasteiger partial charge in [0.05, 0.1) is 18.6 Å². The normalized spacial score (nSPS) is 16.4. The summed E-state index contributed by atoms with van der Waals surface area (Å²) < 4.78 is 29.3. The van der Waals surface area contributed by atoms with Crippen LogP contribution in [0, 0.1) is 0 Å². The van der Waals surface area contributed by atoms with Crippen LogP contribution in [0.5, 0.6) is 5.75 Å². The molecule has 9 heteroatoms.